The second kappa shape index (κ2) is 5.50. The van der Waals surface area contributed by atoms with E-state index in [9.17, 15) is 4.79 Å². The SMILES string of the molecule is Cc1cc(CNCCn2ccnc2)oc1C(=O)O. The molecule has 2 rings (SSSR count). The molecule has 2 N–H and O–H groups in total. The van der Waals surface area contributed by atoms with E-state index in [4.69, 9.17) is 9.52 Å². The predicted octanol–water partition coefficient (Wildman–Crippen LogP) is 1.27. The van der Waals surface area contributed by atoms with Crippen LogP contribution in [0.4, 0.5) is 0 Å². The van der Waals surface area contributed by atoms with Gasteiger partial charge in [0.2, 0.25) is 5.76 Å². The third-order valence-corrected chi connectivity index (χ3v) is 2.57. The number of hydrogen-bond acceptors (Lipinski definition) is 4. The number of carbonyl (C=O) groups is 1. The summed E-state index contributed by atoms with van der Waals surface area (Å²) in [5.74, 6) is -0.380. The molecule has 0 spiro atoms. The van der Waals surface area contributed by atoms with Crippen molar-refractivity contribution in [3.05, 3.63) is 41.9 Å². The minimum absolute atomic E-state index is 0.0152. The first-order valence-corrected chi connectivity index (χ1v) is 5.66. The number of furan rings is 1. The zero-order valence-electron chi connectivity index (χ0n) is 10.1. The van der Waals surface area contributed by atoms with Gasteiger partial charge in [-0.3, -0.25) is 0 Å². The normalized spacial score (nSPS) is 10.7. The molecule has 0 saturated heterocycles. The van der Waals surface area contributed by atoms with Crippen molar-refractivity contribution in [1.82, 2.24) is 14.9 Å². The number of nitrogens with one attached hydrogen (secondary N) is 1. The lowest BCUT2D eigenvalue weighted by Crippen LogP contribution is -2.18. The van der Waals surface area contributed by atoms with Gasteiger partial charge in [0.1, 0.15) is 5.76 Å². The highest BCUT2D eigenvalue weighted by Gasteiger charge is 2.13. The van der Waals surface area contributed by atoms with E-state index in [2.05, 4.69) is 10.3 Å². The Labute approximate surface area is 104 Å². The van der Waals surface area contributed by atoms with E-state index in [1.54, 1.807) is 25.5 Å². The minimum Gasteiger partial charge on any atom is -0.475 e. The Morgan fingerprint density at radius 1 is 1.61 bits per heavy atom. The number of carboxylic acids is 1. The molecule has 0 aliphatic rings. The van der Waals surface area contributed by atoms with Crippen LogP contribution in [0.15, 0.2) is 29.2 Å². The van der Waals surface area contributed by atoms with Crippen LogP contribution < -0.4 is 5.32 Å². The lowest BCUT2D eigenvalue weighted by atomic mass is 10.2. The summed E-state index contributed by atoms with van der Waals surface area (Å²) in [6.07, 6.45) is 5.37. The topological polar surface area (TPSA) is 80.3 Å². The van der Waals surface area contributed by atoms with Crippen LogP contribution in [0.3, 0.4) is 0 Å². The molecule has 2 aromatic rings. The molecule has 0 bridgehead atoms. The molecule has 0 radical (unpaired) electrons. The molecule has 0 atom stereocenters. The standard InChI is InChI=1S/C12H15N3O3/c1-9-6-10(18-11(9)12(16)17)7-13-2-4-15-5-3-14-8-15/h3,5-6,8,13H,2,4,7H2,1H3,(H,16,17). The summed E-state index contributed by atoms with van der Waals surface area (Å²) in [7, 11) is 0. The lowest BCUT2D eigenvalue weighted by Gasteiger charge is -2.03. The van der Waals surface area contributed by atoms with Gasteiger partial charge in [0, 0.05) is 31.0 Å². The van der Waals surface area contributed by atoms with Crippen molar-refractivity contribution in [1.29, 1.82) is 0 Å². The van der Waals surface area contributed by atoms with Gasteiger partial charge < -0.3 is 19.4 Å². The fourth-order valence-electron chi connectivity index (χ4n) is 1.69. The molecule has 0 saturated carbocycles. The average molecular weight is 249 g/mol. The Balaban J connectivity index is 1.80. The molecule has 0 unspecified atom stereocenters. The van der Waals surface area contributed by atoms with E-state index in [0.717, 1.165) is 13.1 Å². The van der Waals surface area contributed by atoms with Crippen molar-refractivity contribution in [2.24, 2.45) is 0 Å². The lowest BCUT2D eigenvalue weighted by molar-refractivity contribution is 0.0659. The zero-order chi connectivity index (χ0) is 13.0. The van der Waals surface area contributed by atoms with Gasteiger partial charge in [-0.1, -0.05) is 0 Å². The van der Waals surface area contributed by atoms with Crippen LogP contribution in [0.2, 0.25) is 0 Å². The van der Waals surface area contributed by atoms with Crippen LogP contribution >= 0.6 is 0 Å². The fourth-order valence-corrected chi connectivity index (χ4v) is 1.69. The highest BCUT2D eigenvalue weighted by molar-refractivity contribution is 5.86. The Bertz CT molecular complexity index is 517. The van der Waals surface area contributed by atoms with E-state index in [1.165, 1.54) is 0 Å². The van der Waals surface area contributed by atoms with Crippen LogP contribution in [-0.4, -0.2) is 27.2 Å². The molecule has 0 aliphatic carbocycles. The van der Waals surface area contributed by atoms with Gasteiger partial charge in [0.25, 0.3) is 0 Å². The first-order chi connectivity index (χ1) is 8.66. The smallest absolute Gasteiger partial charge is 0.372 e. The number of carboxylic acid groups (broad SMARTS) is 1. The number of hydrogen-bond donors (Lipinski definition) is 2. The van der Waals surface area contributed by atoms with E-state index in [0.29, 0.717) is 17.9 Å². The van der Waals surface area contributed by atoms with E-state index in [-0.39, 0.29) is 5.76 Å². The Kier molecular flexibility index (Phi) is 3.78. The van der Waals surface area contributed by atoms with Crippen molar-refractivity contribution in [3.63, 3.8) is 0 Å². The molecule has 2 heterocycles. The molecule has 0 fully saturated rings. The third kappa shape index (κ3) is 2.98. The molecule has 0 aliphatic heterocycles. The average Bonchev–Trinajstić information content (AvgIpc) is 2.94. The molecule has 18 heavy (non-hydrogen) atoms. The van der Waals surface area contributed by atoms with Crippen molar-refractivity contribution < 1.29 is 14.3 Å². The van der Waals surface area contributed by atoms with E-state index in [1.807, 2.05) is 10.8 Å². The number of imidazole rings is 1. The molecule has 2 aromatic heterocycles. The maximum absolute atomic E-state index is 10.8. The maximum atomic E-state index is 10.8. The van der Waals surface area contributed by atoms with Gasteiger partial charge >= 0.3 is 5.97 Å². The Morgan fingerprint density at radius 3 is 3.06 bits per heavy atom. The minimum atomic E-state index is -1.03. The molecule has 0 aromatic carbocycles. The summed E-state index contributed by atoms with van der Waals surface area (Å²) in [6.45, 7) is 3.81. The monoisotopic (exact) mass is 249 g/mol. The van der Waals surface area contributed by atoms with Gasteiger partial charge in [-0.25, -0.2) is 9.78 Å². The second-order valence-corrected chi connectivity index (χ2v) is 4.01. The van der Waals surface area contributed by atoms with Crippen molar-refractivity contribution in [2.75, 3.05) is 6.54 Å². The van der Waals surface area contributed by atoms with Crippen molar-refractivity contribution >= 4 is 5.97 Å². The first-order valence-electron chi connectivity index (χ1n) is 5.66. The van der Waals surface area contributed by atoms with Gasteiger partial charge in [0.05, 0.1) is 12.9 Å². The highest BCUT2D eigenvalue weighted by Crippen LogP contribution is 2.14. The third-order valence-electron chi connectivity index (χ3n) is 2.57. The fraction of sp³-hybridized carbons (Fsp3) is 0.333. The van der Waals surface area contributed by atoms with Crippen LogP contribution in [0.5, 0.6) is 0 Å². The van der Waals surface area contributed by atoms with Crippen molar-refractivity contribution in [2.45, 2.75) is 20.0 Å². The Morgan fingerprint density at radius 2 is 2.44 bits per heavy atom. The van der Waals surface area contributed by atoms with Gasteiger partial charge in [0.15, 0.2) is 0 Å². The number of aryl methyl sites for hydroxylation is 1. The van der Waals surface area contributed by atoms with Gasteiger partial charge in [-0.15, -0.1) is 0 Å². The molecule has 6 nitrogen and oxygen atoms in total. The summed E-state index contributed by atoms with van der Waals surface area (Å²) in [5, 5.41) is 12.0. The quantitative estimate of drug-likeness (QED) is 0.754. The predicted molar refractivity (Wildman–Crippen MR) is 64.3 cm³/mol. The van der Waals surface area contributed by atoms with Crippen LogP contribution in [0.1, 0.15) is 21.9 Å². The molecule has 0 amide bonds. The highest BCUT2D eigenvalue weighted by atomic mass is 16.4. The summed E-state index contributed by atoms with van der Waals surface area (Å²) in [4.78, 5) is 14.7. The van der Waals surface area contributed by atoms with Crippen LogP contribution in [0.25, 0.3) is 0 Å². The molecular formula is C12H15N3O3. The van der Waals surface area contributed by atoms with Gasteiger partial charge in [-0.05, 0) is 13.0 Å². The van der Waals surface area contributed by atoms with Crippen LogP contribution in [0, 0.1) is 6.92 Å². The van der Waals surface area contributed by atoms with E-state index >= 15 is 0 Å². The van der Waals surface area contributed by atoms with Crippen molar-refractivity contribution in [3.8, 4) is 0 Å². The van der Waals surface area contributed by atoms with E-state index < -0.39 is 5.97 Å². The first kappa shape index (κ1) is 12.4. The van der Waals surface area contributed by atoms with Gasteiger partial charge in [-0.2, -0.15) is 0 Å². The summed E-state index contributed by atoms with van der Waals surface area (Å²) < 4.78 is 7.19. The second-order valence-electron chi connectivity index (χ2n) is 4.01. The summed E-state index contributed by atoms with van der Waals surface area (Å²) in [6, 6.07) is 1.74. The summed E-state index contributed by atoms with van der Waals surface area (Å²) >= 11 is 0. The Hall–Kier alpha value is -2.08. The largest absolute Gasteiger partial charge is 0.475 e. The zero-order valence-corrected chi connectivity index (χ0v) is 10.1. The number of nitrogens with zero attached hydrogens (tertiary/aromatic N) is 2. The molecule has 6 heteroatoms. The molecular weight excluding hydrogens is 234 g/mol. The number of aromatic nitrogens is 2. The molecule has 96 valence electrons. The maximum Gasteiger partial charge on any atom is 0.372 e. The summed E-state index contributed by atoms with van der Waals surface area (Å²) in [5.41, 5.74) is 0.647. The number of aromatic carboxylic acids is 1. The van der Waals surface area contributed by atoms with Crippen LogP contribution in [-0.2, 0) is 13.1 Å². The number of rotatable bonds is 6.